The fourth-order valence-corrected chi connectivity index (χ4v) is 3.71. The standard InChI is InChI=1S/C17H27N5O2S/c1-5-6-13(2)17(24)22-12-25-11-15(22)16(23)19-14-9-18-21(10-14)8-7-20(3)4/h6,9-10,15H,5,7-8,11-12H2,1-4H3,(H,19,23). The maximum absolute atomic E-state index is 12.6. The van der Waals surface area contributed by atoms with Gasteiger partial charge in [-0.1, -0.05) is 13.0 Å². The van der Waals surface area contributed by atoms with E-state index >= 15 is 0 Å². The highest BCUT2D eigenvalue weighted by molar-refractivity contribution is 7.99. The molecule has 2 amide bonds. The van der Waals surface area contributed by atoms with Gasteiger partial charge in [-0.25, -0.2) is 0 Å². The van der Waals surface area contributed by atoms with Crippen LogP contribution in [0.3, 0.4) is 0 Å². The second-order valence-corrected chi connectivity index (χ2v) is 7.37. The van der Waals surface area contributed by atoms with Gasteiger partial charge in [0.05, 0.1) is 24.3 Å². The van der Waals surface area contributed by atoms with E-state index in [9.17, 15) is 9.59 Å². The summed E-state index contributed by atoms with van der Waals surface area (Å²) in [4.78, 5) is 28.8. The first kappa shape index (κ1) is 19.5. The van der Waals surface area contributed by atoms with Gasteiger partial charge in [0.15, 0.2) is 0 Å². The number of allylic oxidation sites excluding steroid dienone is 1. The molecule has 7 nitrogen and oxygen atoms in total. The Kier molecular flexibility index (Phi) is 7.07. The third kappa shape index (κ3) is 5.34. The smallest absolute Gasteiger partial charge is 0.250 e. The van der Waals surface area contributed by atoms with Gasteiger partial charge in [0.25, 0.3) is 5.91 Å². The molecule has 1 aliphatic heterocycles. The van der Waals surface area contributed by atoms with Gasteiger partial charge in [0, 0.05) is 24.1 Å². The number of anilines is 1. The molecular weight excluding hydrogens is 338 g/mol. The molecule has 1 aliphatic rings. The molecule has 1 fully saturated rings. The molecule has 0 spiro atoms. The monoisotopic (exact) mass is 365 g/mol. The summed E-state index contributed by atoms with van der Waals surface area (Å²) in [7, 11) is 4.01. The van der Waals surface area contributed by atoms with E-state index in [4.69, 9.17) is 0 Å². The molecule has 1 aromatic rings. The van der Waals surface area contributed by atoms with Crippen LogP contribution in [0.15, 0.2) is 24.0 Å². The quantitative estimate of drug-likeness (QED) is 0.744. The normalized spacial score (nSPS) is 18.0. The molecule has 138 valence electrons. The number of carbonyl (C=O) groups is 2. The van der Waals surface area contributed by atoms with Crippen LogP contribution in [0.1, 0.15) is 20.3 Å². The number of nitrogens with one attached hydrogen (secondary N) is 1. The van der Waals surface area contributed by atoms with Crippen LogP contribution in [0.5, 0.6) is 0 Å². The van der Waals surface area contributed by atoms with Crippen molar-refractivity contribution < 1.29 is 9.59 Å². The van der Waals surface area contributed by atoms with E-state index in [0.29, 0.717) is 22.9 Å². The van der Waals surface area contributed by atoms with Crippen LogP contribution < -0.4 is 5.32 Å². The maximum atomic E-state index is 12.6. The Hall–Kier alpha value is -1.80. The molecule has 1 saturated heterocycles. The van der Waals surface area contributed by atoms with Crippen molar-refractivity contribution in [2.24, 2.45) is 0 Å². The number of hydrogen-bond acceptors (Lipinski definition) is 5. The molecule has 8 heteroatoms. The van der Waals surface area contributed by atoms with Crippen molar-refractivity contribution in [1.82, 2.24) is 19.6 Å². The van der Waals surface area contributed by atoms with Crippen LogP contribution in [-0.4, -0.2) is 69.7 Å². The topological polar surface area (TPSA) is 70.5 Å². The van der Waals surface area contributed by atoms with E-state index in [0.717, 1.165) is 19.5 Å². The fourth-order valence-electron chi connectivity index (χ4n) is 2.56. The van der Waals surface area contributed by atoms with Gasteiger partial charge in [-0.05, 0) is 27.4 Å². The molecule has 1 unspecified atom stereocenters. The summed E-state index contributed by atoms with van der Waals surface area (Å²) in [5, 5.41) is 7.14. The van der Waals surface area contributed by atoms with E-state index in [1.165, 1.54) is 0 Å². The molecule has 25 heavy (non-hydrogen) atoms. The minimum absolute atomic E-state index is 0.0614. The van der Waals surface area contributed by atoms with E-state index in [1.54, 1.807) is 34.5 Å². The summed E-state index contributed by atoms with van der Waals surface area (Å²) in [5.41, 5.74) is 1.35. The van der Waals surface area contributed by atoms with Crippen molar-refractivity contribution in [2.75, 3.05) is 37.6 Å². The highest BCUT2D eigenvalue weighted by Crippen LogP contribution is 2.24. The van der Waals surface area contributed by atoms with Crippen molar-refractivity contribution in [1.29, 1.82) is 0 Å². The molecular formula is C17H27N5O2S. The number of likely N-dealkylation sites (N-methyl/N-ethyl adjacent to an activating group) is 1. The molecule has 1 N–H and O–H groups in total. The van der Waals surface area contributed by atoms with Gasteiger partial charge < -0.3 is 15.1 Å². The van der Waals surface area contributed by atoms with E-state index in [-0.39, 0.29) is 11.8 Å². The van der Waals surface area contributed by atoms with Crippen molar-refractivity contribution >= 4 is 29.3 Å². The molecule has 2 heterocycles. The van der Waals surface area contributed by atoms with E-state index < -0.39 is 6.04 Å². The molecule has 0 radical (unpaired) electrons. The average molecular weight is 366 g/mol. The third-order valence-electron chi connectivity index (χ3n) is 3.97. The summed E-state index contributed by atoms with van der Waals surface area (Å²) < 4.78 is 1.80. The lowest BCUT2D eigenvalue weighted by Gasteiger charge is -2.23. The van der Waals surface area contributed by atoms with Gasteiger partial charge in [-0.15, -0.1) is 11.8 Å². The Morgan fingerprint density at radius 3 is 2.92 bits per heavy atom. The largest absolute Gasteiger partial charge is 0.322 e. The van der Waals surface area contributed by atoms with Crippen LogP contribution in [0.25, 0.3) is 0 Å². The summed E-state index contributed by atoms with van der Waals surface area (Å²) >= 11 is 1.60. The molecule has 0 aliphatic carbocycles. The first-order valence-electron chi connectivity index (χ1n) is 8.46. The van der Waals surface area contributed by atoms with Gasteiger partial charge in [-0.3, -0.25) is 14.3 Å². The molecule has 0 bridgehead atoms. The highest BCUT2D eigenvalue weighted by Gasteiger charge is 2.35. The van der Waals surface area contributed by atoms with Crippen LogP contribution in [-0.2, 0) is 16.1 Å². The van der Waals surface area contributed by atoms with Gasteiger partial charge in [0.1, 0.15) is 6.04 Å². The maximum Gasteiger partial charge on any atom is 0.250 e. The van der Waals surface area contributed by atoms with Crippen LogP contribution in [0.4, 0.5) is 5.69 Å². The molecule has 1 aromatic heterocycles. The van der Waals surface area contributed by atoms with Crippen molar-refractivity contribution in [3.63, 3.8) is 0 Å². The first-order chi connectivity index (χ1) is 11.9. The van der Waals surface area contributed by atoms with Crippen molar-refractivity contribution in [3.05, 3.63) is 24.0 Å². The lowest BCUT2D eigenvalue weighted by atomic mass is 10.2. The lowest BCUT2D eigenvalue weighted by molar-refractivity contribution is -0.133. The van der Waals surface area contributed by atoms with Gasteiger partial charge in [0.2, 0.25) is 5.91 Å². The first-order valence-corrected chi connectivity index (χ1v) is 9.61. The zero-order valence-corrected chi connectivity index (χ0v) is 16.2. The number of nitrogens with zero attached hydrogens (tertiary/aromatic N) is 4. The van der Waals surface area contributed by atoms with Crippen LogP contribution >= 0.6 is 11.8 Å². The molecule has 0 aromatic carbocycles. The second-order valence-electron chi connectivity index (χ2n) is 6.37. The molecule has 2 rings (SSSR count). The van der Waals surface area contributed by atoms with Crippen molar-refractivity contribution in [2.45, 2.75) is 32.9 Å². The van der Waals surface area contributed by atoms with Crippen LogP contribution in [0, 0.1) is 0 Å². The third-order valence-corrected chi connectivity index (χ3v) is 4.98. The number of hydrogen-bond donors (Lipinski definition) is 1. The molecule has 1 atom stereocenters. The van der Waals surface area contributed by atoms with Crippen LogP contribution in [0.2, 0.25) is 0 Å². The number of carbonyl (C=O) groups excluding carboxylic acids is 2. The number of rotatable bonds is 7. The summed E-state index contributed by atoms with van der Waals surface area (Å²) in [5.74, 6) is 0.947. The Bertz CT molecular complexity index is 641. The molecule has 0 saturated carbocycles. The minimum Gasteiger partial charge on any atom is -0.322 e. The number of amides is 2. The Labute approximate surface area is 153 Å². The van der Waals surface area contributed by atoms with Gasteiger partial charge >= 0.3 is 0 Å². The van der Waals surface area contributed by atoms with E-state index in [1.807, 2.05) is 33.3 Å². The summed E-state index contributed by atoms with van der Waals surface area (Å²) in [6, 6.07) is -0.442. The van der Waals surface area contributed by atoms with Crippen molar-refractivity contribution in [3.8, 4) is 0 Å². The van der Waals surface area contributed by atoms with Gasteiger partial charge in [-0.2, -0.15) is 5.10 Å². The average Bonchev–Trinajstić information content (AvgIpc) is 3.21. The summed E-state index contributed by atoms with van der Waals surface area (Å²) in [6.45, 7) is 5.43. The lowest BCUT2D eigenvalue weighted by Crippen LogP contribution is -2.44. The SMILES string of the molecule is CCC=C(C)C(=O)N1CSCC1C(=O)Nc1cnn(CCN(C)C)c1. The van der Waals surface area contributed by atoms with E-state index in [2.05, 4.69) is 15.3 Å². The highest BCUT2D eigenvalue weighted by atomic mass is 32.2. The Balaban J connectivity index is 1.97. The Morgan fingerprint density at radius 1 is 1.48 bits per heavy atom. The minimum atomic E-state index is -0.442. The summed E-state index contributed by atoms with van der Waals surface area (Å²) in [6.07, 6.45) is 6.17. The zero-order valence-electron chi connectivity index (χ0n) is 15.4. The second kappa shape index (κ2) is 9.05. The predicted octanol–water partition coefficient (Wildman–Crippen LogP) is 1.64. The Morgan fingerprint density at radius 2 is 2.24 bits per heavy atom. The number of thioether (sulfide) groups is 1. The predicted molar refractivity (Wildman–Crippen MR) is 101 cm³/mol. The fraction of sp³-hybridized carbons (Fsp3) is 0.588. The number of aromatic nitrogens is 2. The zero-order chi connectivity index (χ0) is 18.4.